The zero-order valence-corrected chi connectivity index (χ0v) is 16.7. The standard InChI is InChI=1S/C14H26N2.C8H6O4/c1-2-3-4-5-6-7-8-9-10-11-14-15-12-13-16-14;9-7(10)5-1-2-6(4-3-5)8(11)12/h12-13H,2-11H2,1H3,(H,15,16);1-4H,(H,9,10)(H,11,12). The lowest BCUT2D eigenvalue weighted by Gasteiger charge is -2.01. The number of unbranched alkanes of at least 4 members (excludes halogenated alkanes) is 8. The van der Waals surface area contributed by atoms with E-state index in [9.17, 15) is 9.59 Å². The van der Waals surface area contributed by atoms with E-state index < -0.39 is 11.9 Å². The Morgan fingerprint density at radius 3 is 1.68 bits per heavy atom. The molecule has 0 saturated heterocycles. The van der Waals surface area contributed by atoms with Crippen molar-refractivity contribution in [3.05, 3.63) is 53.6 Å². The van der Waals surface area contributed by atoms with Crippen molar-refractivity contribution >= 4 is 11.9 Å². The first kappa shape index (κ1) is 23.4. The fourth-order valence-corrected chi connectivity index (χ4v) is 2.79. The average Bonchev–Trinajstić information content (AvgIpc) is 3.21. The van der Waals surface area contributed by atoms with Gasteiger partial charge in [0, 0.05) is 18.8 Å². The summed E-state index contributed by atoms with van der Waals surface area (Å²) in [7, 11) is 0. The zero-order valence-electron chi connectivity index (χ0n) is 16.7. The van der Waals surface area contributed by atoms with E-state index in [-0.39, 0.29) is 11.1 Å². The largest absolute Gasteiger partial charge is 0.478 e. The molecule has 0 bridgehead atoms. The molecule has 0 aliphatic carbocycles. The lowest BCUT2D eigenvalue weighted by Crippen LogP contribution is -1.99. The van der Waals surface area contributed by atoms with Crippen LogP contribution in [0, 0.1) is 0 Å². The van der Waals surface area contributed by atoms with Crippen molar-refractivity contribution in [2.75, 3.05) is 0 Å². The zero-order chi connectivity index (χ0) is 20.6. The predicted molar refractivity (Wildman–Crippen MR) is 110 cm³/mol. The Kier molecular flexibility index (Phi) is 12.1. The van der Waals surface area contributed by atoms with Crippen LogP contribution in [-0.4, -0.2) is 32.1 Å². The number of benzene rings is 1. The predicted octanol–water partition coefficient (Wildman–Crippen LogP) is 5.57. The van der Waals surface area contributed by atoms with Crippen LogP contribution in [0.3, 0.4) is 0 Å². The number of carboxylic acids is 2. The molecule has 1 aromatic carbocycles. The highest BCUT2D eigenvalue weighted by Crippen LogP contribution is 2.10. The second-order valence-electron chi connectivity index (χ2n) is 6.80. The first-order valence-electron chi connectivity index (χ1n) is 10.1. The van der Waals surface area contributed by atoms with Gasteiger partial charge < -0.3 is 15.2 Å². The number of aromatic nitrogens is 2. The summed E-state index contributed by atoms with van der Waals surface area (Å²) < 4.78 is 0. The summed E-state index contributed by atoms with van der Waals surface area (Å²) in [5.74, 6) is -0.984. The smallest absolute Gasteiger partial charge is 0.335 e. The maximum atomic E-state index is 10.3. The van der Waals surface area contributed by atoms with Gasteiger partial charge in [0.15, 0.2) is 0 Å². The highest BCUT2D eigenvalue weighted by molar-refractivity contribution is 5.91. The fraction of sp³-hybridized carbons (Fsp3) is 0.500. The number of rotatable bonds is 12. The number of carboxylic acid groups (broad SMARTS) is 2. The Bertz CT molecular complexity index is 633. The molecule has 2 rings (SSSR count). The molecule has 0 aliphatic heterocycles. The van der Waals surface area contributed by atoms with Crippen LogP contribution in [0.4, 0.5) is 0 Å². The van der Waals surface area contributed by atoms with E-state index in [4.69, 9.17) is 10.2 Å². The van der Waals surface area contributed by atoms with Gasteiger partial charge in [0.2, 0.25) is 0 Å². The summed E-state index contributed by atoms with van der Waals surface area (Å²) in [6.45, 7) is 2.27. The van der Waals surface area contributed by atoms with Gasteiger partial charge in [-0.25, -0.2) is 14.6 Å². The van der Waals surface area contributed by atoms with Gasteiger partial charge in [0.25, 0.3) is 0 Å². The number of carbonyl (C=O) groups is 2. The molecule has 0 fully saturated rings. The Morgan fingerprint density at radius 1 is 0.821 bits per heavy atom. The summed E-state index contributed by atoms with van der Waals surface area (Å²) in [5, 5.41) is 16.9. The molecule has 0 radical (unpaired) electrons. The molecule has 0 atom stereocenters. The van der Waals surface area contributed by atoms with E-state index in [0.29, 0.717) is 0 Å². The van der Waals surface area contributed by atoms with Crippen molar-refractivity contribution in [1.29, 1.82) is 0 Å². The van der Waals surface area contributed by atoms with Gasteiger partial charge in [0.05, 0.1) is 11.1 Å². The van der Waals surface area contributed by atoms with Crippen LogP contribution < -0.4 is 0 Å². The van der Waals surface area contributed by atoms with Crippen LogP contribution in [-0.2, 0) is 6.42 Å². The second kappa shape index (κ2) is 14.4. The molecular weight excluding hydrogens is 356 g/mol. The summed E-state index contributed by atoms with van der Waals surface area (Å²) in [5.41, 5.74) is 0.167. The summed E-state index contributed by atoms with van der Waals surface area (Å²) >= 11 is 0. The van der Waals surface area contributed by atoms with Gasteiger partial charge in [-0.1, -0.05) is 58.3 Å². The Labute approximate surface area is 167 Å². The summed E-state index contributed by atoms with van der Waals surface area (Å²) in [6.07, 6.45) is 17.4. The Hall–Kier alpha value is -2.63. The minimum atomic E-state index is -1.06. The number of aromatic carboxylic acids is 2. The van der Waals surface area contributed by atoms with Crippen molar-refractivity contribution in [1.82, 2.24) is 9.97 Å². The highest BCUT2D eigenvalue weighted by Gasteiger charge is 2.04. The first-order chi connectivity index (χ1) is 13.5. The van der Waals surface area contributed by atoms with Crippen LogP contribution in [0.1, 0.15) is 91.3 Å². The number of hydrogen-bond acceptors (Lipinski definition) is 3. The third kappa shape index (κ3) is 10.5. The monoisotopic (exact) mass is 388 g/mol. The molecule has 0 amide bonds. The minimum Gasteiger partial charge on any atom is -0.478 e. The molecule has 28 heavy (non-hydrogen) atoms. The molecule has 1 aromatic heterocycles. The number of H-pyrrole nitrogens is 1. The minimum absolute atomic E-state index is 0.0833. The SMILES string of the molecule is CCCCCCCCCCCc1ncc[nH]1.O=C(O)c1ccc(C(=O)O)cc1. The third-order valence-corrected chi connectivity index (χ3v) is 4.45. The van der Waals surface area contributed by atoms with Crippen molar-refractivity contribution < 1.29 is 19.8 Å². The highest BCUT2D eigenvalue weighted by atomic mass is 16.4. The van der Waals surface area contributed by atoms with E-state index in [1.165, 1.54) is 82.1 Å². The lowest BCUT2D eigenvalue weighted by atomic mass is 10.1. The molecule has 1 heterocycles. The molecule has 154 valence electrons. The van der Waals surface area contributed by atoms with E-state index in [2.05, 4.69) is 16.9 Å². The van der Waals surface area contributed by atoms with E-state index in [1.807, 2.05) is 12.4 Å². The van der Waals surface area contributed by atoms with E-state index in [0.717, 1.165) is 12.2 Å². The molecule has 2 aromatic rings. The van der Waals surface area contributed by atoms with Gasteiger partial charge in [-0.15, -0.1) is 0 Å². The summed E-state index contributed by atoms with van der Waals surface area (Å²) in [4.78, 5) is 28.0. The average molecular weight is 389 g/mol. The van der Waals surface area contributed by atoms with Gasteiger partial charge in [0.1, 0.15) is 5.82 Å². The van der Waals surface area contributed by atoms with E-state index in [1.54, 1.807) is 0 Å². The van der Waals surface area contributed by atoms with Gasteiger partial charge in [-0.05, 0) is 30.7 Å². The van der Waals surface area contributed by atoms with E-state index >= 15 is 0 Å². The van der Waals surface area contributed by atoms with Crippen molar-refractivity contribution in [3.63, 3.8) is 0 Å². The quantitative estimate of drug-likeness (QED) is 0.413. The second-order valence-corrected chi connectivity index (χ2v) is 6.80. The van der Waals surface area contributed by atoms with Gasteiger partial charge in [-0.3, -0.25) is 0 Å². The van der Waals surface area contributed by atoms with Crippen molar-refractivity contribution in [3.8, 4) is 0 Å². The lowest BCUT2D eigenvalue weighted by molar-refractivity contribution is 0.0681. The summed E-state index contributed by atoms with van der Waals surface area (Å²) in [6, 6.07) is 5.02. The molecule has 0 aliphatic rings. The molecule has 3 N–H and O–H groups in total. The molecular formula is C22H32N2O4. The number of aromatic amines is 1. The van der Waals surface area contributed by atoms with Gasteiger partial charge in [-0.2, -0.15) is 0 Å². The maximum absolute atomic E-state index is 10.3. The number of aryl methyl sites for hydroxylation is 1. The third-order valence-electron chi connectivity index (χ3n) is 4.45. The van der Waals surface area contributed by atoms with Crippen LogP contribution in [0.15, 0.2) is 36.7 Å². The number of nitrogens with one attached hydrogen (secondary N) is 1. The molecule has 6 nitrogen and oxygen atoms in total. The van der Waals surface area contributed by atoms with Crippen LogP contribution in [0.5, 0.6) is 0 Å². The van der Waals surface area contributed by atoms with Crippen molar-refractivity contribution in [2.24, 2.45) is 0 Å². The van der Waals surface area contributed by atoms with Gasteiger partial charge >= 0.3 is 11.9 Å². The Balaban J connectivity index is 0.000000292. The Morgan fingerprint density at radius 2 is 1.29 bits per heavy atom. The van der Waals surface area contributed by atoms with Crippen LogP contribution >= 0.6 is 0 Å². The molecule has 0 unspecified atom stereocenters. The maximum Gasteiger partial charge on any atom is 0.335 e. The molecule has 6 heteroatoms. The number of hydrogen-bond donors (Lipinski definition) is 3. The first-order valence-corrected chi connectivity index (χ1v) is 10.1. The van der Waals surface area contributed by atoms with Crippen molar-refractivity contribution in [2.45, 2.75) is 71.1 Å². The molecule has 0 spiro atoms. The topological polar surface area (TPSA) is 103 Å². The fourth-order valence-electron chi connectivity index (χ4n) is 2.79. The normalized spacial score (nSPS) is 10.2. The number of imidazole rings is 1. The number of nitrogens with zero attached hydrogens (tertiary/aromatic N) is 1. The molecule has 0 saturated carbocycles. The van der Waals surface area contributed by atoms with Crippen LogP contribution in [0.25, 0.3) is 0 Å². The van der Waals surface area contributed by atoms with Crippen LogP contribution in [0.2, 0.25) is 0 Å².